The number of anilines is 1. The largest absolute Gasteiger partial charge is 0.398 e. The predicted octanol–water partition coefficient (Wildman–Crippen LogP) is 3.45. The molecule has 0 aliphatic carbocycles. The summed E-state index contributed by atoms with van der Waals surface area (Å²) in [6.07, 6.45) is 5.17. The van der Waals surface area contributed by atoms with Crippen molar-refractivity contribution in [3.63, 3.8) is 0 Å². The molecule has 0 saturated carbocycles. The van der Waals surface area contributed by atoms with Gasteiger partial charge in [0.1, 0.15) is 0 Å². The van der Waals surface area contributed by atoms with E-state index < -0.39 is 0 Å². The van der Waals surface area contributed by atoms with Gasteiger partial charge in [-0.15, -0.1) is 0 Å². The minimum absolute atomic E-state index is 0.822. The highest BCUT2D eigenvalue weighted by molar-refractivity contribution is 9.10. The summed E-state index contributed by atoms with van der Waals surface area (Å²) < 4.78 is 1.06. The first-order chi connectivity index (χ1) is 5.74. The van der Waals surface area contributed by atoms with E-state index in [1.54, 1.807) is 0 Å². The van der Waals surface area contributed by atoms with Crippen LogP contribution >= 0.6 is 15.9 Å². The molecule has 1 aromatic carbocycles. The van der Waals surface area contributed by atoms with Crippen LogP contribution in [0.2, 0.25) is 0 Å². The molecule has 0 aliphatic heterocycles. The lowest BCUT2D eigenvalue weighted by atomic mass is 10.1. The fourth-order valence-electron chi connectivity index (χ4n) is 0.935. The summed E-state index contributed by atoms with van der Waals surface area (Å²) in [7, 11) is 0. The first kappa shape index (κ1) is 9.33. The standard InChI is InChI=1S/C10H12BrN/c1-2-3-4-8-7-9(11)5-6-10(8)12/h3-7H,2,12H2,1H3/b4-3+. The summed E-state index contributed by atoms with van der Waals surface area (Å²) in [6.45, 7) is 2.10. The molecular formula is C10H12BrN. The van der Waals surface area contributed by atoms with Crippen LogP contribution in [0, 0.1) is 0 Å². The summed E-state index contributed by atoms with van der Waals surface area (Å²) in [5, 5.41) is 0. The number of nitrogen functional groups attached to an aromatic ring is 1. The topological polar surface area (TPSA) is 26.0 Å². The van der Waals surface area contributed by atoms with E-state index in [9.17, 15) is 0 Å². The molecule has 0 aliphatic rings. The van der Waals surface area contributed by atoms with Gasteiger partial charge in [-0.3, -0.25) is 0 Å². The highest BCUT2D eigenvalue weighted by atomic mass is 79.9. The molecule has 0 bridgehead atoms. The van der Waals surface area contributed by atoms with Crippen molar-refractivity contribution in [3.05, 3.63) is 34.3 Å². The van der Waals surface area contributed by atoms with E-state index in [-0.39, 0.29) is 0 Å². The summed E-state index contributed by atoms with van der Waals surface area (Å²) >= 11 is 3.40. The van der Waals surface area contributed by atoms with Gasteiger partial charge in [0.2, 0.25) is 0 Å². The van der Waals surface area contributed by atoms with E-state index in [2.05, 4.69) is 28.9 Å². The molecule has 0 atom stereocenters. The monoisotopic (exact) mass is 225 g/mol. The van der Waals surface area contributed by atoms with Crippen LogP contribution < -0.4 is 5.73 Å². The fourth-order valence-corrected chi connectivity index (χ4v) is 1.31. The molecule has 2 N–H and O–H groups in total. The van der Waals surface area contributed by atoms with Gasteiger partial charge in [0, 0.05) is 10.2 Å². The second kappa shape index (κ2) is 4.31. The molecule has 0 radical (unpaired) electrons. The molecule has 0 heterocycles. The fraction of sp³-hybridized carbons (Fsp3) is 0.200. The van der Waals surface area contributed by atoms with E-state index in [0.717, 1.165) is 22.1 Å². The summed E-state index contributed by atoms with van der Waals surface area (Å²) in [4.78, 5) is 0. The smallest absolute Gasteiger partial charge is 0.0388 e. The van der Waals surface area contributed by atoms with E-state index >= 15 is 0 Å². The zero-order valence-corrected chi connectivity index (χ0v) is 8.64. The second-order valence-electron chi connectivity index (χ2n) is 2.58. The number of halogens is 1. The Morgan fingerprint density at radius 3 is 2.92 bits per heavy atom. The normalized spacial score (nSPS) is 10.8. The first-order valence-electron chi connectivity index (χ1n) is 3.95. The minimum Gasteiger partial charge on any atom is -0.398 e. The number of rotatable bonds is 2. The van der Waals surface area contributed by atoms with Gasteiger partial charge in [-0.2, -0.15) is 0 Å². The highest BCUT2D eigenvalue weighted by Gasteiger charge is 1.94. The first-order valence-corrected chi connectivity index (χ1v) is 4.75. The van der Waals surface area contributed by atoms with Crippen molar-refractivity contribution in [3.8, 4) is 0 Å². The third-order valence-electron chi connectivity index (χ3n) is 1.58. The Labute approximate surface area is 81.4 Å². The lowest BCUT2D eigenvalue weighted by Gasteiger charge is -1.99. The Bertz CT molecular complexity index is 292. The quantitative estimate of drug-likeness (QED) is 0.768. The zero-order chi connectivity index (χ0) is 8.97. The molecule has 2 heteroatoms. The molecule has 12 heavy (non-hydrogen) atoms. The van der Waals surface area contributed by atoms with Gasteiger partial charge in [0.05, 0.1) is 0 Å². The lowest BCUT2D eigenvalue weighted by molar-refractivity contribution is 1.23. The average molecular weight is 226 g/mol. The van der Waals surface area contributed by atoms with E-state index in [4.69, 9.17) is 5.73 Å². The number of benzene rings is 1. The number of allylic oxidation sites excluding steroid dienone is 1. The SMILES string of the molecule is CC/C=C/c1cc(Br)ccc1N. The summed E-state index contributed by atoms with van der Waals surface area (Å²) in [6, 6.07) is 5.86. The Kier molecular flexibility index (Phi) is 3.35. The number of nitrogens with two attached hydrogens (primary N) is 1. The van der Waals surface area contributed by atoms with Crippen molar-refractivity contribution in [2.24, 2.45) is 0 Å². The van der Waals surface area contributed by atoms with E-state index in [1.165, 1.54) is 0 Å². The molecule has 1 nitrogen and oxygen atoms in total. The van der Waals surface area contributed by atoms with Crippen molar-refractivity contribution in [2.45, 2.75) is 13.3 Å². The Morgan fingerprint density at radius 2 is 2.25 bits per heavy atom. The minimum atomic E-state index is 0.822. The zero-order valence-electron chi connectivity index (χ0n) is 7.05. The van der Waals surface area contributed by atoms with Gasteiger partial charge >= 0.3 is 0 Å². The van der Waals surface area contributed by atoms with Crippen LogP contribution in [-0.2, 0) is 0 Å². The van der Waals surface area contributed by atoms with Crippen LogP contribution in [0.15, 0.2) is 28.7 Å². The number of hydrogen-bond acceptors (Lipinski definition) is 1. The lowest BCUT2D eigenvalue weighted by Crippen LogP contribution is -1.88. The molecule has 0 aromatic heterocycles. The third kappa shape index (κ3) is 2.38. The van der Waals surface area contributed by atoms with Crippen LogP contribution in [0.4, 0.5) is 5.69 Å². The molecule has 0 spiro atoms. The van der Waals surface area contributed by atoms with Crippen LogP contribution in [0.5, 0.6) is 0 Å². The van der Waals surface area contributed by atoms with Gasteiger partial charge in [-0.1, -0.05) is 35.0 Å². The van der Waals surface area contributed by atoms with Gasteiger partial charge < -0.3 is 5.73 Å². The maximum atomic E-state index is 5.76. The van der Waals surface area contributed by atoms with Crippen LogP contribution in [0.3, 0.4) is 0 Å². The molecular weight excluding hydrogens is 214 g/mol. The Hall–Kier alpha value is -0.760. The van der Waals surface area contributed by atoms with Crippen LogP contribution in [0.25, 0.3) is 6.08 Å². The van der Waals surface area contributed by atoms with Crippen molar-refractivity contribution < 1.29 is 0 Å². The van der Waals surface area contributed by atoms with Gasteiger partial charge in [0.25, 0.3) is 0 Å². The Balaban J connectivity index is 2.97. The van der Waals surface area contributed by atoms with E-state index in [0.29, 0.717) is 0 Å². The van der Waals surface area contributed by atoms with Gasteiger partial charge in [0.15, 0.2) is 0 Å². The maximum Gasteiger partial charge on any atom is 0.0388 e. The summed E-state index contributed by atoms with van der Waals surface area (Å²) in [5.74, 6) is 0. The second-order valence-corrected chi connectivity index (χ2v) is 3.50. The van der Waals surface area contributed by atoms with Crippen molar-refractivity contribution in [2.75, 3.05) is 5.73 Å². The predicted molar refractivity (Wildman–Crippen MR) is 57.9 cm³/mol. The third-order valence-corrected chi connectivity index (χ3v) is 2.08. The molecule has 0 fully saturated rings. The van der Waals surface area contributed by atoms with Crippen molar-refractivity contribution in [1.82, 2.24) is 0 Å². The number of hydrogen-bond donors (Lipinski definition) is 1. The molecule has 0 amide bonds. The van der Waals surface area contributed by atoms with Gasteiger partial charge in [-0.05, 0) is 30.2 Å². The molecule has 1 rings (SSSR count). The van der Waals surface area contributed by atoms with Crippen molar-refractivity contribution >= 4 is 27.7 Å². The van der Waals surface area contributed by atoms with E-state index in [1.807, 2.05) is 24.3 Å². The van der Waals surface area contributed by atoms with Gasteiger partial charge in [-0.25, -0.2) is 0 Å². The average Bonchev–Trinajstić information content (AvgIpc) is 2.07. The summed E-state index contributed by atoms with van der Waals surface area (Å²) in [5.41, 5.74) is 7.66. The van der Waals surface area contributed by atoms with Crippen LogP contribution in [-0.4, -0.2) is 0 Å². The highest BCUT2D eigenvalue weighted by Crippen LogP contribution is 2.19. The Morgan fingerprint density at radius 1 is 1.50 bits per heavy atom. The molecule has 0 saturated heterocycles. The molecule has 0 unspecified atom stereocenters. The molecule has 1 aromatic rings. The van der Waals surface area contributed by atoms with Crippen molar-refractivity contribution in [1.29, 1.82) is 0 Å². The molecule has 64 valence electrons. The maximum absolute atomic E-state index is 5.76. The van der Waals surface area contributed by atoms with Crippen LogP contribution in [0.1, 0.15) is 18.9 Å².